The molecule has 5 nitrogen and oxygen atoms in total. The van der Waals surface area contributed by atoms with Crippen molar-refractivity contribution < 1.29 is 9.90 Å². The molecule has 6 heteroatoms. The summed E-state index contributed by atoms with van der Waals surface area (Å²) in [6.45, 7) is 1.85. The number of hydrogen-bond acceptors (Lipinski definition) is 5. The van der Waals surface area contributed by atoms with Crippen LogP contribution < -0.4 is 5.32 Å². The Morgan fingerprint density at radius 1 is 1.30 bits per heavy atom. The zero-order valence-electron chi connectivity index (χ0n) is 11.0. The van der Waals surface area contributed by atoms with Crippen LogP contribution in [0.3, 0.4) is 0 Å². The van der Waals surface area contributed by atoms with Crippen LogP contribution in [-0.2, 0) is 4.79 Å². The first-order chi connectivity index (χ1) is 9.70. The van der Waals surface area contributed by atoms with E-state index in [1.54, 1.807) is 18.5 Å². The lowest BCUT2D eigenvalue weighted by Gasteiger charge is -2.13. The number of thioether (sulfide) groups is 1. The van der Waals surface area contributed by atoms with Crippen molar-refractivity contribution in [3.8, 4) is 0 Å². The van der Waals surface area contributed by atoms with Gasteiger partial charge in [-0.25, -0.2) is 9.97 Å². The third kappa shape index (κ3) is 3.71. The molecule has 20 heavy (non-hydrogen) atoms. The van der Waals surface area contributed by atoms with Gasteiger partial charge in [0.1, 0.15) is 16.1 Å². The normalized spacial score (nSPS) is 11.8. The average Bonchev–Trinajstić information content (AvgIpc) is 2.47. The van der Waals surface area contributed by atoms with E-state index in [1.165, 1.54) is 11.8 Å². The largest absolute Gasteiger partial charge is 0.480 e. The quantitative estimate of drug-likeness (QED) is 0.796. The van der Waals surface area contributed by atoms with Crippen molar-refractivity contribution in [3.05, 3.63) is 42.7 Å². The molecule has 2 N–H and O–H groups in total. The van der Waals surface area contributed by atoms with Crippen molar-refractivity contribution in [2.24, 2.45) is 0 Å². The Hall–Kier alpha value is -2.08. The van der Waals surface area contributed by atoms with Gasteiger partial charge < -0.3 is 10.4 Å². The number of pyridine rings is 2. The fourth-order valence-corrected chi connectivity index (χ4v) is 2.50. The number of anilines is 2. The summed E-state index contributed by atoms with van der Waals surface area (Å²) in [5.74, 6) is -0.127. The minimum absolute atomic E-state index is 0.505. The third-order valence-electron chi connectivity index (χ3n) is 2.60. The molecule has 1 atom stereocenters. The Balaban J connectivity index is 2.20. The highest BCUT2D eigenvalue weighted by atomic mass is 32.2. The molecule has 0 saturated carbocycles. The first-order valence-corrected chi connectivity index (χ1v) is 7.11. The minimum Gasteiger partial charge on any atom is -0.480 e. The van der Waals surface area contributed by atoms with Gasteiger partial charge in [-0.15, -0.1) is 0 Å². The summed E-state index contributed by atoms with van der Waals surface area (Å²) in [6.07, 6.45) is 3.89. The maximum Gasteiger partial charge on any atom is 0.317 e. The molecule has 104 valence electrons. The van der Waals surface area contributed by atoms with Crippen molar-refractivity contribution in [1.29, 1.82) is 0 Å². The molecule has 0 saturated heterocycles. The number of aliphatic carboxylic acids is 1. The second kappa shape index (κ2) is 6.91. The Bertz CT molecular complexity index is 578. The molecule has 0 aliphatic heterocycles. The molecule has 2 aromatic rings. The molecular weight excluding hydrogens is 274 g/mol. The first-order valence-electron chi connectivity index (χ1n) is 6.23. The smallest absolute Gasteiger partial charge is 0.317 e. The van der Waals surface area contributed by atoms with Gasteiger partial charge in [0.05, 0.1) is 5.69 Å². The van der Waals surface area contributed by atoms with Gasteiger partial charge in [0.2, 0.25) is 0 Å². The van der Waals surface area contributed by atoms with Gasteiger partial charge in [0, 0.05) is 12.4 Å². The molecule has 0 aromatic carbocycles. The van der Waals surface area contributed by atoms with Crippen LogP contribution in [0.25, 0.3) is 0 Å². The van der Waals surface area contributed by atoms with Gasteiger partial charge in [-0.1, -0.05) is 24.8 Å². The van der Waals surface area contributed by atoms with E-state index in [0.717, 1.165) is 5.69 Å². The molecule has 2 rings (SSSR count). The van der Waals surface area contributed by atoms with Crippen LogP contribution in [0.4, 0.5) is 11.5 Å². The van der Waals surface area contributed by atoms with Gasteiger partial charge >= 0.3 is 5.97 Å². The van der Waals surface area contributed by atoms with E-state index in [2.05, 4.69) is 15.3 Å². The van der Waals surface area contributed by atoms with E-state index in [-0.39, 0.29) is 0 Å². The molecule has 0 radical (unpaired) electrons. The summed E-state index contributed by atoms with van der Waals surface area (Å²) < 4.78 is 0. The maximum absolute atomic E-state index is 11.1. The molecule has 0 aliphatic carbocycles. The number of carboxylic acid groups (broad SMARTS) is 1. The molecular formula is C14H15N3O2S. The lowest BCUT2D eigenvalue weighted by Crippen LogP contribution is -2.15. The highest BCUT2D eigenvalue weighted by Crippen LogP contribution is 2.31. The standard InChI is InChI=1S/C14H15N3O2S/c1-2-11(14(18)19)20-13-10(6-5-9-16-13)17-12-7-3-4-8-15-12/h3-9,11H,2H2,1H3,(H,15,17)(H,18,19)/t11-/m0/s1. The fraction of sp³-hybridized carbons (Fsp3) is 0.214. The predicted octanol–water partition coefficient (Wildman–Crippen LogP) is 3.18. The van der Waals surface area contributed by atoms with Crippen LogP contribution in [0.1, 0.15) is 13.3 Å². The SMILES string of the molecule is CC[C@H](Sc1ncccc1Nc1ccccn1)C(=O)O. The summed E-state index contributed by atoms with van der Waals surface area (Å²) in [5.41, 5.74) is 0.760. The van der Waals surface area contributed by atoms with Crippen LogP contribution >= 0.6 is 11.8 Å². The number of carboxylic acids is 1. The average molecular weight is 289 g/mol. The topological polar surface area (TPSA) is 75.1 Å². The van der Waals surface area contributed by atoms with Gasteiger partial charge in [0.15, 0.2) is 0 Å². The zero-order chi connectivity index (χ0) is 14.4. The van der Waals surface area contributed by atoms with E-state index >= 15 is 0 Å². The Labute approximate surface area is 121 Å². The zero-order valence-corrected chi connectivity index (χ0v) is 11.8. The van der Waals surface area contributed by atoms with Crippen molar-refractivity contribution in [3.63, 3.8) is 0 Å². The molecule has 0 fully saturated rings. The fourth-order valence-electron chi connectivity index (χ4n) is 1.60. The molecule has 2 heterocycles. The summed E-state index contributed by atoms with van der Waals surface area (Å²) in [4.78, 5) is 19.6. The third-order valence-corrected chi connectivity index (χ3v) is 3.97. The lowest BCUT2D eigenvalue weighted by atomic mass is 10.3. The second-order valence-electron chi connectivity index (χ2n) is 4.05. The van der Waals surface area contributed by atoms with Crippen molar-refractivity contribution in [2.75, 3.05) is 5.32 Å². The minimum atomic E-state index is -0.827. The summed E-state index contributed by atoms with van der Waals surface area (Å²) in [7, 11) is 0. The molecule has 0 bridgehead atoms. The Kier molecular flexibility index (Phi) is 4.95. The summed E-state index contributed by atoms with van der Waals surface area (Å²) in [5, 5.41) is 12.4. The number of hydrogen-bond donors (Lipinski definition) is 2. The van der Waals surface area contributed by atoms with E-state index < -0.39 is 11.2 Å². The van der Waals surface area contributed by atoms with E-state index in [4.69, 9.17) is 5.11 Å². The Morgan fingerprint density at radius 3 is 2.75 bits per heavy atom. The highest BCUT2D eigenvalue weighted by Gasteiger charge is 2.19. The number of rotatable bonds is 6. The summed E-state index contributed by atoms with van der Waals surface area (Å²) in [6, 6.07) is 9.22. The van der Waals surface area contributed by atoms with Crippen LogP contribution in [0.2, 0.25) is 0 Å². The monoisotopic (exact) mass is 289 g/mol. The lowest BCUT2D eigenvalue weighted by molar-refractivity contribution is -0.136. The molecule has 0 unspecified atom stereocenters. The molecule has 2 aromatic heterocycles. The van der Waals surface area contributed by atoms with Crippen molar-refractivity contribution in [2.45, 2.75) is 23.6 Å². The predicted molar refractivity (Wildman–Crippen MR) is 79.3 cm³/mol. The molecule has 0 spiro atoms. The first kappa shape index (κ1) is 14.3. The van der Waals surface area contributed by atoms with Crippen LogP contribution in [0, 0.1) is 0 Å². The highest BCUT2D eigenvalue weighted by molar-refractivity contribution is 8.00. The Morgan fingerprint density at radius 2 is 2.10 bits per heavy atom. The van der Waals surface area contributed by atoms with E-state index in [9.17, 15) is 4.79 Å². The van der Waals surface area contributed by atoms with Crippen LogP contribution in [-0.4, -0.2) is 26.3 Å². The number of carbonyl (C=O) groups is 1. The van der Waals surface area contributed by atoms with Crippen molar-refractivity contribution >= 4 is 29.2 Å². The number of aromatic nitrogens is 2. The number of nitrogens with one attached hydrogen (secondary N) is 1. The van der Waals surface area contributed by atoms with Crippen LogP contribution in [0.15, 0.2) is 47.8 Å². The molecule has 0 aliphatic rings. The van der Waals surface area contributed by atoms with Gasteiger partial charge in [-0.05, 0) is 30.7 Å². The summed E-state index contributed by atoms with van der Waals surface area (Å²) >= 11 is 1.24. The van der Waals surface area contributed by atoms with E-state index in [1.807, 2.05) is 31.2 Å². The van der Waals surface area contributed by atoms with Gasteiger partial charge in [0.25, 0.3) is 0 Å². The van der Waals surface area contributed by atoms with E-state index in [0.29, 0.717) is 17.3 Å². The maximum atomic E-state index is 11.1. The number of nitrogens with zero attached hydrogens (tertiary/aromatic N) is 2. The molecule has 0 amide bonds. The van der Waals surface area contributed by atoms with Gasteiger partial charge in [-0.2, -0.15) is 0 Å². The van der Waals surface area contributed by atoms with Crippen LogP contribution in [0.5, 0.6) is 0 Å². The second-order valence-corrected chi connectivity index (χ2v) is 5.24. The van der Waals surface area contributed by atoms with Crippen molar-refractivity contribution in [1.82, 2.24) is 9.97 Å². The van der Waals surface area contributed by atoms with Gasteiger partial charge in [-0.3, -0.25) is 4.79 Å².